The van der Waals surface area contributed by atoms with Gasteiger partial charge in [0.1, 0.15) is 0 Å². The average Bonchev–Trinajstić information content (AvgIpc) is 3.09. The molecule has 1 fully saturated rings. The molecule has 0 unspecified atom stereocenters. The van der Waals surface area contributed by atoms with Crippen molar-refractivity contribution in [2.24, 2.45) is 0 Å². The molecule has 1 saturated heterocycles. The number of aryl methyl sites for hydroxylation is 1. The van der Waals surface area contributed by atoms with Crippen LogP contribution >= 0.6 is 0 Å². The third-order valence-corrected chi connectivity index (χ3v) is 4.64. The minimum Gasteiger partial charge on any atom is -0.395 e. The second kappa shape index (κ2) is 8.72. The maximum atomic E-state index is 12.0. The average molecular weight is 359 g/mol. The lowest BCUT2D eigenvalue weighted by Gasteiger charge is -2.34. The fourth-order valence-corrected chi connectivity index (χ4v) is 3.21. The van der Waals surface area contributed by atoms with Crippen LogP contribution in [0.15, 0.2) is 24.3 Å². The molecule has 1 atom stereocenters. The summed E-state index contributed by atoms with van der Waals surface area (Å²) in [6, 6.07) is 7.28. The highest BCUT2D eigenvalue weighted by Gasteiger charge is 2.20. The molecular weight excluding hydrogens is 334 g/mol. The molecule has 2 aromatic rings. The van der Waals surface area contributed by atoms with E-state index in [0.29, 0.717) is 18.1 Å². The standard InChI is InChI=1S/C17H25N7O2/c1-13-20-21-22-24(13)15-7-5-14(6-8-15)19-17(26)18-9-11-23-10-3-2-4-16(23)12-25/h5-8,16,25H,2-4,9-12H2,1H3,(H2,18,19,26)/t16-/m0/s1. The van der Waals surface area contributed by atoms with Crippen LogP contribution in [0.25, 0.3) is 5.69 Å². The Balaban J connectivity index is 1.45. The number of carbonyl (C=O) groups is 1. The van der Waals surface area contributed by atoms with E-state index in [1.165, 1.54) is 0 Å². The molecule has 3 N–H and O–H groups in total. The van der Waals surface area contributed by atoms with E-state index in [4.69, 9.17) is 0 Å². The fourth-order valence-electron chi connectivity index (χ4n) is 3.21. The van der Waals surface area contributed by atoms with Crippen LogP contribution in [0.4, 0.5) is 10.5 Å². The van der Waals surface area contributed by atoms with Crippen molar-refractivity contribution >= 4 is 11.7 Å². The van der Waals surface area contributed by atoms with Crippen LogP contribution in [0.2, 0.25) is 0 Å². The number of amides is 2. The first-order valence-corrected chi connectivity index (χ1v) is 8.92. The number of benzene rings is 1. The van der Waals surface area contributed by atoms with Gasteiger partial charge in [0.05, 0.1) is 12.3 Å². The van der Waals surface area contributed by atoms with Gasteiger partial charge in [0, 0.05) is 24.8 Å². The first-order valence-electron chi connectivity index (χ1n) is 8.92. The summed E-state index contributed by atoms with van der Waals surface area (Å²) in [6.45, 7) is 4.27. The van der Waals surface area contributed by atoms with Crippen LogP contribution in [0.1, 0.15) is 25.1 Å². The number of aliphatic hydroxyl groups excluding tert-OH is 1. The van der Waals surface area contributed by atoms with E-state index >= 15 is 0 Å². The van der Waals surface area contributed by atoms with Crippen LogP contribution in [0.3, 0.4) is 0 Å². The number of nitrogens with zero attached hydrogens (tertiary/aromatic N) is 5. The van der Waals surface area contributed by atoms with Crippen LogP contribution < -0.4 is 10.6 Å². The van der Waals surface area contributed by atoms with Crippen LogP contribution in [-0.4, -0.2) is 68.5 Å². The van der Waals surface area contributed by atoms with Crippen LogP contribution in [0.5, 0.6) is 0 Å². The van der Waals surface area contributed by atoms with Gasteiger partial charge < -0.3 is 15.7 Å². The molecule has 0 bridgehead atoms. The fraction of sp³-hybridized carbons (Fsp3) is 0.529. The topological polar surface area (TPSA) is 108 Å². The zero-order valence-corrected chi connectivity index (χ0v) is 14.9. The molecule has 0 radical (unpaired) electrons. The number of aromatic nitrogens is 4. The summed E-state index contributed by atoms with van der Waals surface area (Å²) in [6.07, 6.45) is 3.33. The number of piperidine rings is 1. The highest BCUT2D eigenvalue weighted by molar-refractivity contribution is 5.89. The first kappa shape index (κ1) is 18.3. The smallest absolute Gasteiger partial charge is 0.319 e. The lowest BCUT2D eigenvalue weighted by atomic mass is 10.0. The van der Waals surface area contributed by atoms with Crippen LogP contribution in [0, 0.1) is 6.92 Å². The highest BCUT2D eigenvalue weighted by atomic mass is 16.3. The first-order chi connectivity index (χ1) is 12.7. The predicted molar refractivity (Wildman–Crippen MR) is 97.2 cm³/mol. The molecule has 1 aliphatic heterocycles. The summed E-state index contributed by atoms with van der Waals surface area (Å²) in [4.78, 5) is 14.3. The van der Waals surface area contributed by atoms with E-state index in [-0.39, 0.29) is 18.7 Å². The third kappa shape index (κ3) is 4.55. The molecule has 1 aliphatic rings. The Hall–Kier alpha value is -2.52. The Morgan fingerprint density at radius 1 is 1.31 bits per heavy atom. The van der Waals surface area contributed by atoms with Crippen molar-refractivity contribution in [2.75, 3.05) is 31.6 Å². The summed E-state index contributed by atoms with van der Waals surface area (Å²) in [7, 11) is 0. The van der Waals surface area contributed by atoms with Gasteiger partial charge in [-0.05, 0) is 61.0 Å². The molecule has 0 spiro atoms. The van der Waals surface area contributed by atoms with Gasteiger partial charge in [-0.1, -0.05) is 6.42 Å². The Morgan fingerprint density at radius 2 is 2.12 bits per heavy atom. The van der Waals surface area contributed by atoms with Crippen molar-refractivity contribution in [3.63, 3.8) is 0 Å². The summed E-state index contributed by atoms with van der Waals surface area (Å²) >= 11 is 0. The number of aliphatic hydroxyl groups is 1. The van der Waals surface area contributed by atoms with Gasteiger partial charge in [0.25, 0.3) is 0 Å². The number of rotatable bonds is 6. The second-order valence-electron chi connectivity index (χ2n) is 6.43. The normalized spacial score (nSPS) is 17.8. The molecule has 9 nitrogen and oxygen atoms in total. The number of nitrogens with one attached hydrogen (secondary N) is 2. The van der Waals surface area contributed by atoms with Crippen molar-refractivity contribution in [3.8, 4) is 5.69 Å². The number of urea groups is 1. The number of anilines is 1. The van der Waals surface area contributed by atoms with Crippen molar-refractivity contribution in [2.45, 2.75) is 32.2 Å². The molecule has 0 saturated carbocycles. The van der Waals surface area contributed by atoms with Gasteiger partial charge in [-0.25, -0.2) is 4.79 Å². The number of carbonyl (C=O) groups excluding carboxylic acids is 1. The lowest BCUT2D eigenvalue weighted by Crippen LogP contribution is -2.46. The molecule has 2 heterocycles. The molecule has 1 aromatic carbocycles. The van der Waals surface area contributed by atoms with E-state index in [1.807, 2.05) is 31.2 Å². The number of tetrazole rings is 1. The minimum atomic E-state index is -0.242. The third-order valence-electron chi connectivity index (χ3n) is 4.64. The molecule has 0 aliphatic carbocycles. The van der Waals surface area contributed by atoms with Crippen molar-refractivity contribution < 1.29 is 9.90 Å². The van der Waals surface area contributed by atoms with Gasteiger partial charge in [0.15, 0.2) is 5.82 Å². The van der Waals surface area contributed by atoms with E-state index in [9.17, 15) is 9.90 Å². The number of hydrogen-bond acceptors (Lipinski definition) is 6. The maximum absolute atomic E-state index is 12.0. The zero-order valence-electron chi connectivity index (χ0n) is 14.9. The van der Waals surface area contributed by atoms with Gasteiger partial charge in [0.2, 0.25) is 0 Å². The molecule has 26 heavy (non-hydrogen) atoms. The van der Waals surface area contributed by atoms with Crippen molar-refractivity contribution in [1.29, 1.82) is 0 Å². The largest absolute Gasteiger partial charge is 0.395 e. The van der Waals surface area contributed by atoms with E-state index < -0.39 is 0 Å². The molecule has 1 aromatic heterocycles. The van der Waals surface area contributed by atoms with Gasteiger partial charge in [-0.15, -0.1) is 5.10 Å². The summed E-state index contributed by atoms with van der Waals surface area (Å²) in [5.74, 6) is 0.697. The van der Waals surface area contributed by atoms with Crippen molar-refractivity contribution in [3.05, 3.63) is 30.1 Å². The summed E-state index contributed by atoms with van der Waals surface area (Å²) in [5, 5.41) is 26.5. The number of likely N-dealkylation sites (tertiary alicyclic amines) is 1. The number of hydrogen-bond donors (Lipinski definition) is 3. The van der Waals surface area contributed by atoms with Crippen molar-refractivity contribution in [1.82, 2.24) is 30.4 Å². The molecule has 3 rings (SSSR count). The molecular formula is C17H25N7O2. The Labute approximate surface area is 152 Å². The SMILES string of the molecule is Cc1nnnn1-c1ccc(NC(=O)NCCN2CCCC[C@H]2CO)cc1. The Bertz CT molecular complexity index is 716. The van der Waals surface area contributed by atoms with E-state index in [1.54, 1.807) is 4.68 Å². The lowest BCUT2D eigenvalue weighted by molar-refractivity contribution is 0.0917. The quantitative estimate of drug-likeness (QED) is 0.708. The summed E-state index contributed by atoms with van der Waals surface area (Å²) in [5.41, 5.74) is 1.53. The second-order valence-corrected chi connectivity index (χ2v) is 6.43. The molecule has 2 amide bonds. The van der Waals surface area contributed by atoms with Gasteiger partial charge in [-0.3, -0.25) is 4.90 Å². The Morgan fingerprint density at radius 3 is 2.81 bits per heavy atom. The highest BCUT2D eigenvalue weighted by Crippen LogP contribution is 2.16. The monoisotopic (exact) mass is 359 g/mol. The van der Waals surface area contributed by atoms with Gasteiger partial charge in [-0.2, -0.15) is 4.68 Å². The van der Waals surface area contributed by atoms with Gasteiger partial charge >= 0.3 is 6.03 Å². The van der Waals surface area contributed by atoms with E-state index in [2.05, 4.69) is 31.1 Å². The summed E-state index contributed by atoms with van der Waals surface area (Å²) < 4.78 is 1.63. The molecule has 140 valence electrons. The van der Waals surface area contributed by atoms with E-state index in [0.717, 1.165) is 38.0 Å². The zero-order chi connectivity index (χ0) is 18.4. The Kier molecular flexibility index (Phi) is 6.13. The molecule has 9 heteroatoms. The minimum absolute atomic E-state index is 0.180. The van der Waals surface area contributed by atoms with Crippen LogP contribution in [-0.2, 0) is 0 Å². The predicted octanol–water partition coefficient (Wildman–Crippen LogP) is 0.939. The maximum Gasteiger partial charge on any atom is 0.319 e.